The van der Waals surface area contributed by atoms with Crippen molar-refractivity contribution >= 4 is 17.9 Å². The molecular formula is C20H21ClFNO. The zero-order valence-electron chi connectivity index (χ0n) is 13.6. The number of hydrogen-bond acceptors (Lipinski definition) is 2. The zero-order chi connectivity index (χ0) is 16.9. The van der Waals surface area contributed by atoms with E-state index in [1.807, 2.05) is 12.3 Å². The lowest BCUT2D eigenvalue weighted by Gasteiger charge is -2.25. The van der Waals surface area contributed by atoms with Crippen LogP contribution in [-0.4, -0.2) is 11.3 Å². The lowest BCUT2D eigenvalue weighted by atomic mass is 9.80. The van der Waals surface area contributed by atoms with Crippen molar-refractivity contribution in [3.05, 3.63) is 52.9 Å². The van der Waals surface area contributed by atoms with Gasteiger partial charge in [-0.3, -0.25) is 4.98 Å². The molecule has 4 heteroatoms. The van der Waals surface area contributed by atoms with Crippen molar-refractivity contribution in [1.29, 1.82) is 0 Å². The van der Waals surface area contributed by atoms with E-state index in [1.54, 1.807) is 12.1 Å². The fraction of sp³-hybridized carbons (Fsp3) is 0.400. The Morgan fingerprint density at radius 1 is 1.17 bits per heavy atom. The molecule has 0 unspecified atom stereocenters. The largest absolute Gasteiger partial charge is 0.303 e. The van der Waals surface area contributed by atoms with Crippen molar-refractivity contribution in [2.45, 2.75) is 38.5 Å². The van der Waals surface area contributed by atoms with Crippen LogP contribution in [-0.2, 0) is 11.2 Å². The molecule has 1 fully saturated rings. The first-order valence-corrected chi connectivity index (χ1v) is 8.89. The highest BCUT2D eigenvalue weighted by Gasteiger charge is 2.20. The Morgan fingerprint density at radius 3 is 2.58 bits per heavy atom. The highest BCUT2D eigenvalue weighted by molar-refractivity contribution is 6.31. The van der Waals surface area contributed by atoms with Crippen molar-refractivity contribution in [3.8, 4) is 11.3 Å². The van der Waals surface area contributed by atoms with E-state index in [9.17, 15) is 9.18 Å². The smallest absolute Gasteiger partial charge is 0.141 e. The minimum absolute atomic E-state index is 0.115. The van der Waals surface area contributed by atoms with Gasteiger partial charge >= 0.3 is 0 Å². The number of nitrogens with zero attached hydrogens (tertiary/aromatic N) is 1. The Hall–Kier alpha value is -1.74. The number of aromatic nitrogens is 1. The van der Waals surface area contributed by atoms with Gasteiger partial charge in [0, 0.05) is 17.7 Å². The first-order chi connectivity index (χ1) is 11.7. The second-order valence-electron chi connectivity index (χ2n) is 6.64. The SMILES string of the molecule is O=CC1CCC(CCc2ccc(-c3ccc(F)c(Cl)c3)nc2)CC1. The number of rotatable bonds is 5. The van der Waals surface area contributed by atoms with Gasteiger partial charge in [-0.2, -0.15) is 0 Å². The van der Waals surface area contributed by atoms with E-state index in [0.717, 1.165) is 62.0 Å². The molecule has 0 atom stereocenters. The molecule has 0 amide bonds. The van der Waals surface area contributed by atoms with Gasteiger partial charge in [-0.15, -0.1) is 0 Å². The predicted octanol–water partition coefficient (Wildman–Crippen LogP) is 5.48. The van der Waals surface area contributed by atoms with Crippen molar-refractivity contribution in [2.24, 2.45) is 11.8 Å². The summed E-state index contributed by atoms with van der Waals surface area (Å²) in [4.78, 5) is 15.3. The first kappa shape index (κ1) is 17.1. The number of carbonyl (C=O) groups is 1. The van der Waals surface area contributed by atoms with E-state index in [0.29, 0.717) is 0 Å². The van der Waals surface area contributed by atoms with Crippen LogP contribution >= 0.6 is 11.6 Å². The van der Waals surface area contributed by atoms with E-state index >= 15 is 0 Å². The maximum atomic E-state index is 13.2. The molecule has 0 spiro atoms. The molecule has 1 aliphatic rings. The Morgan fingerprint density at radius 2 is 1.96 bits per heavy atom. The third-order valence-corrected chi connectivity index (χ3v) is 5.25. The van der Waals surface area contributed by atoms with Gasteiger partial charge in [-0.05, 0) is 74.3 Å². The molecule has 3 rings (SSSR count). The number of benzene rings is 1. The third kappa shape index (κ3) is 4.21. The lowest BCUT2D eigenvalue weighted by molar-refractivity contribution is -0.112. The molecule has 2 aromatic rings. The van der Waals surface area contributed by atoms with Gasteiger partial charge in [-0.25, -0.2) is 4.39 Å². The van der Waals surface area contributed by atoms with Gasteiger partial charge in [0.2, 0.25) is 0 Å². The quantitative estimate of drug-likeness (QED) is 0.672. The molecule has 2 nitrogen and oxygen atoms in total. The summed E-state index contributed by atoms with van der Waals surface area (Å²) in [5.74, 6) is 0.586. The van der Waals surface area contributed by atoms with Crippen LogP contribution in [0, 0.1) is 17.7 Å². The molecule has 1 aromatic heterocycles. The molecule has 0 bridgehead atoms. The molecule has 24 heavy (non-hydrogen) atoms. The van der Waals surface area contributed by atoms with Gasteiger partial charge < -0.3 is 4.79 Å². The van der Waals surface area contributed by atoms with Crippen LogP contribution < -0.4 is 0 Å². The van der Waals surface area contributed by atoms with E-state index in [4.69, 9.17) is 11.6 Å². The number of carbonyl (C=O) groups excluding carboxylic acids is 1. The summed E-state index contributed by atoms with van der Waals surface area (Å²) in [5, 5.41) is 0.115. The molecule has 1 saturated carbocycles. The summed E-state index contributed by atoms with van der Waals surface area (Å²) in [6, 6.07) is 8.70. The molecule has 1 heterocycles. The fourth-order valence-electron chi connectivity index (χ4n) is 3.38. The fourth-order valence-corrected chi connectivity index (χ4v) is 3.56. The first-order valence-electron chi connectivity index (χ1n) is 8.51. The molecule has 1 aliphatic carbocycles. The van der Waals surface area contributed by atoms with Gasteiger partial charge in [0.25, 0.3) is 0 Å². The minimum atomic E-state index is -0.415. The summed E-state index contributed by atoms with van der Waals surface area (Å²) >= 11 is 5.83. The summed E-state index contributed by atoms with van der Waals surface area (Å²) < 4.78 is 13.2. The molecule has 0 saturated heterocycles. The van der Waals surface area contributed by atoms with E-state index in [-0.39, 0.29) is 10.9 Å². The number of hydrogen-bond donors (Lipinski definition) is 0. The predicted molar refractivity (Wildman–Crippen MR) is 94.5 cm³/mol. The van der Waals surface area contributed by atoms with Crippen molar-refractivity contribution in [3.63, 3.8) is 0 Å². The Labute approximate surface area is 147 Å². The average molecular weight is 346 g/mol. The topological polar surface area (TPSA) is 30.0 Å². The summed E-state index contributed by atoms with van der Waals surface area (Å²) in [5.41, 5.74) is 2.83. The lowest BCUT2D eigenvalue weighted by Crippen LogP contribution is -2.15. The molecule has 1 aromatic carbocycles. The maximum Gasteiger partial charge on any atom is 0.141 e. The van der Waals surface area contributed by atoms with Crippen LogP contribution in [0.2, 0.25) is 5.02 Å². The van der Waals surface area contributed by atoms with Gasteiger partial charge in [0.15, 0.2) is 0 Å². The molecule has 126 valence electrons. The van der Waals surface area contributed by atoms with Crippen LogP contribution in [0.25, 0.3) is 11.3 Å². The van der Waals surface area contributed by atoms with Crippen LogP contribution in [0.1, 0.15) is 37.7 Å². The molecule has 0 N–H and O–H groups in total. The number of halogens is 2. The van der Waals surface area contributed by atoms with Crippen LogP contribution in [0.4, 0.5) is 4.39 Å². The van der Waals surface area contributed by atoms with Crippen molar-refractivity contribution in [2.75, 3.05) is 0 Å². The highest BCUT2D eigenvalue weighted by Crippen LogP contribution is 2.31. The average Bonchev–Trinajstić information content (AvgIpc) is 2.63. The normalized spacial score (nSPS) is 20.8. The van der Waals surface area contributed by atoms with Crippen LogP contribution in [0.15, 0.2) is 36.5 Å². The van der Waals surface area contributed by atoms with Crippen LogP contribution in [0.5, 0.6) is 0 Å². The Kier molecular flexibility index (Phi) is 5.62. The van der Waals surface area contributed by atoms with Gasteiger partial charge in [0.05, 0.1) is 10.7 Å². The minimum Gasteiger partial charge on any atom is -0.303 e. The number of aldehydes is 1. The van der Waals surface area contributed by atoms with Gasteiger partial charge in [-0.1, -0.05) is 17.7 Å². The summed E-state index contributed by atoms with van der Waals surface area (Å²) in [6.07, 6.45) is 9.55. The Balaban J connectivity index is 1.57. The standard InChI is InChI=1S/C20H21ClFNO/c21-18-11-17(8-9-19(18)22)20-10-7-15(12-23-20)4-1-14-2-5-16(13-24)6-3-14/h7-14,16H,1-6H2. The molecule has 0 radical (unpaired) electrons. The number of pyridine rings is 1. The Bertz CT molecular complexity index is 693. The van der Waals surface area contributed by atoms with E-state index in [2.05, 4.69) is 11.1 Å². The van der Waals surface area contributed by atoms with Crippen molar-refractivity contribution < 1.29 is 9.18 Å². The zero-order valence-corrected chi connectivity index (χ0v) is 14.3. The van der Waals surface area contributed by atoms with Gasteiger partial charge in [0.1, 0.15) is 12.1 Å². The highest BCUT2D eigenvalue weighted by atomic mass is 35.5. The monoisotopic (exact) mass is 345 g/mol. The summed E-state index contributed by atoms with van der Waals surface area (Å²) in [6.45, 7) is 0. The van der Waals surface area contributed by atoms with E-state index < -0.39 is 5.82 Å². The summed E-state index contributed by atoms with van der Waals surface area (Å²) in [7, 11) is 0. The third-order valence-electron chi connectivity index (χ3n) is 4.97. The molecular weight excluding hydrogens is 325 g/mol. The maximum absolute atomic E-state index is 13.2. The molecule has 0 aliphatic heterocycles. The second kappa shape index (κ2) is 7.89. The number of aryl methyl sites for hydroxylation is 1. The second-order valence-corrected chi connectivity index (χ2v) is 7.04. The van der Waals surface area contributed by atoms with Crippen molar-refractivity contribution in [1.82, 2.24) is 4.98 Å². The van der Waals surface area contributed by atoms with Crippen LogP contribution in [0.3, 0.4) is 0 Å². The van der Waals surface area contributed by atoms with E-state index in [1.165, 1.54) is 11.6 Å².